The normalized spacial score (nSPS) is 16.3. The highest BCUT2D eigenvalue weighted by Crippen LogP contribution is 2.37. The van der Waals surface area contributed by atoms with E-state index in [1.54, 1.807) is 18.2 Å². The fourth-order valence-electron chi connectivity index (χ4n) is 4.76. The molecule has 2 heterocycles. The third kappa shape index (κ3) is 8.63. The van der Waals surface area contributed by atoms with Crippen molar-refractivity contribution in [1.29, 1.82) is 0 Å². The number of nitrogens with one attached hydrogen (secondary N) is 1. The minimum absolute atomic E-state index is 0.000847. The van der Waals surface area contributed by atoms with Crippen LogP contribution in [-0.2, 0) is 14.3 Å². The lowest BCUT2D eigenvalue weighted by Crippen LogP contribution is -2.38. The second kappa shape index (κ2) is 15.2. The van der Waals surface area contributed by atoms with Crippen molar-refractivity contribution in [1.82, 2.24) is 9.80 Å². The SMILES string of the molecule is O=C(CCN1C(=O)/C(=C/c2cc(-c3ccc(Cl)cc3Cl)ccc2OCCN2CCOCC2)SC1=S)Nc1ccc(C(=O)O)cc1. The van der Waals surface area contributed by atoms with Crippen LogP contribution >= 0.6 is 47.2 Å². The molecule has 5 rings (SSSR count). The van der Waals surface area contributed by atoms with Gasteiger partial charge in [0.15, 0.2) is 0 Å². The smallest absolute Gasteiger partial charge is 0.335 e. The van der Waals surface area contributed by atoms with Gasteiger partial charge < -0.3 is 19.9 Å². The Bertz CT molecular complexity index is 1640. The van der Waals surface area contributed by atoms with E-state index in [1.807, 2.05) is 24.3 Å². The Balaban J connectivity index is 1.30. The van der Waals surface area contributed by atoms with Gasteiger partial charge in [0.1, 0.15) is 16.7 Å². The summed E-state index contributed by atoms with van der Waals surface area (Å²) < 4.78 is 12.0. The minimum Gasteiger partial charge on any atom is -0.492 e. The van der Waals surface area contributed by atoms with E-state index in [0.717, 1.165) is 42.5 Å². The zero-order valence-corrected chi connectivity index (χ0v) is 27.1. The molecule has 0 atom stereocenters. The number of carboxylic acids is 1. The number of carbonyl (C=O) groups is 3. The number of anilines is 1. The number of carboxylic acid groups (broad SMARTS) is 1. The molecule has 3 aromatic rings. The van der Waals surface area contributed by atoms with Crippen LogP contribution in [0, 0.1) is 0 Å². The number of aromatic carboxylic acids is 1. The summed E-state index contributed by atoms with van der Waals surface area (Å²) >= 11 is 19.3. The van der Waals surface area contributed by atoms with E-state index in [0.29, 0.717) is 56.1 Å². The number of morpholine rings is 1. The number of rotatable bonds is 11. The van der Waals surface area contributed by atoms with Gasteiger partial charge in [-0.25, -0.2) is 4.79 Å². The van der Waals surface area contributed by atoms with E-state index < -0.39 is 5.97 Å². The highest BCUT2D eigenvalue weighted by atomic mass is 35.5. The van der Waals surface area contributed by atoms with Crippen LogP contribution in [-0.4, -0.2) is 83.0 Å². The number of halogens is 2. The summed E-state index contributed by atoms with van der Waals surface area (Å²) in [6, 6.07) is 16.8. The van der Waals surface area contributed by atoms with Gasteiger partial charge in [0.05, 0.1) is 23.7 Å². The van der Waals surface area contributed by atoms with Crippen molar-refractivity contribution in [2.24, 2.45) is 0 Å². The first-order valence-electron chi connectivity index (χ1n) is 14.1. The molecule has 0 radical (unpaired) electrons. The van der Waals surface area contributed by atoms with Gasteiger partial charge >= 0.3 is 5.97 Å². The van der Waals surface area contributed by atoms with Crippen LogP contribution in [0.25, 0.3) is 17.2 Å². The Hall–Kier alpha value is -3.45. The molecule has 0 saturated carbocycles. The minimum atomic E-state index is -1.05. The van der Waals surface area contributed by atoms with Gasteiger partial charge in [0.2, 0.25) is 5.91 Å². The topological polar surface area (TPSA) is 108 Å². The number of carbonyl (C=O) groups excluding carboxylic acids is 2. The largest absolute Gasteiger partial charge is 0.492 e. The quantitative estimate of drug-likeness (QED) is 0.178. The van der Waals surface area contributed by atoms with Crippen LogP contribution in [0.2, 0.25) is 10.0 Å². The Morgan fingerprint density at radius 1 is 1.04 bits per heavy atom. The maximum Gasteiger partial charge on any atom is 0.335 e. The highest BCUT2D eigenvalue weighted by molar-refractivity contribution is 8.26. The van der Waals surface area contributed by atoms with E-state index in [9.17, 15) is 14.4 Å². The fraction of sp³-hybridized carbons (Fsp3) is 0.250. The van der Waals surface area contributed by atoms with Gasteiger partial charge in [-0.3, -0.25) is 19.4 Å². The second-order valence-electron chi connectivity index (χ2n) is 10.2. The van der Waals surface area contributed by atoms with Gasteiger partial charge in [0, 0.05) is 59.5 Å². The summed E-state index contributed by atoms with van der Waals surface area (Å²) in [6.45, 7) is 4.38. The first-order valence-corrected chi connectivity index (χ1v) is 16.1. The van der Waals surface area contributed by atoms with E-state index in [4.69, 9.17) is 50.0 Å². The summed E-state index contributed by atoms with van der Waals surface area (Å²) in [5, 5.41) is 12.8. The highest BCUT2D eigenvalue weighted by Gasteiger charge is 2.32. The second-order valence-corrected chi connectivity index (χ2v) is 12.7. The van der Waals surface area contributed by atoms with Gasteiger partial charge in [-0.15, -0.1) is 0 Å². The van der Waals surface area contributed by atoms with E-state index in [1.165, 1.54) is 29.2 Å². The van der Waals surface area contributed by atoms with Crippen LogP contribution in [0.1, 0.15) is 22.3 Å². The lowest BCUT2D eigenvalue weighted by molar-refractivity contribution is -0.122. The monoisotopic (exact) mass is 685 g/mol. The summed E-state index contributed by atoms with van der Waals surface area (Å²) in [4.78, 5) is 41.1. The van der Waals surface area contributed by atoms with Crippen molar-refractivity contribution in [2.45, 2.75) is 6.42 Å². The summed E-state index contributed by atoms with van der Waals surface area (Å²) in [7, 11) is 0. The van der Waals surface area contributed by atoms with Gasteiger partial charge in [-0.1, -0.05) is 59.3 Å². The molecular weight excluding hydrogens is 657 g/mol. The van der Waals surface area contributed by atoms with Gasteiger partial charge in [0.25, 0.3) is 5.91 Å². The lowest BCUT2D eigenvalue weighted by Gasteiger charge is -2.26. The van der Waals surface area contributed by atoms with Crippen LogP contribution < -0.4 is 10.1 Å². The summed E-state index contributed by atoms with van der Waals surface area (Å²) in [6.07, 6.45) is 1.75. The maximum atomic E-state index is 13.4. The fourth-order valence-corrected chi connectivity index (χ4v) is 6.58. The molecule has 0 aromatic heterocycles. The molecule has 13 heteroatoms. The molecule has 2 saturated heterocycles. The summed E-state index contributed by atoms with van der Waals surface area (Å²) in [5.41, 5.74) is 2.86. The maximum absolute atomic E-state index is 13.4. The number of thiocarbonyl (C=S) groups is 1. The number of benzene rings is 3. The average Bonchev–Trinajstić information content (AvgIpc) is 3.28. The predicted octanol–water partition coefficient (Wildman–Crippen LogP) is 6.30. The van der Waals surface area contributed by atoms with E-state index in [2.05, 4.69) is 10.2 Å². The Labute approximate surface area is 280 Å². The van der Waals surface area contributed by atoms with Crippen molar-refractivity contribution >= 4 is 81.0 Å². The third-order valence-corrected chi connectivity index (χ3v) is 9.08. The molecule has 45 heavy (non-hydrogen) atoms. The zero-order chi connectivity index (χ0) is 31.9. The molecule has 2 aliphatic heterocycles. The molecule has 0 unspecified atom stereocenters. The van der Waals surface area contributed by atoms with E-state index in [-0.39, 0.29) is 30.3 Å². The molecule has 2 aliphatic rings. The number of hydrogen-bond donors (Lipinski definition) is 2. The Morgan fingerprint density at radius 3 is 2.51 bits per heavy atom. The number of thioether (sulfide) groups is 1. The molecule has 2 amide bonds. The first-order chi connectivity index (χ1) is 21.7. The molecule has 2 N–H and O–H groups in total. The van der Waals surface area contributed by atoms with Gasteiger partial charge in [-0.2, -0.15) is 0 Å². The molecule has 234 valence electrons. The average molecular weight is 687 g/mol. The molecule has 0 spiro atoms. The van der Waals surface area contributed by atoms with Crippen LogP contribution in [0.3, 0.4) is 0 Å². The molecular formula is C32H29Cl2N3O6S2. The molecule has 2 fully saturated rings. The third-order valence-electron chi connectivity index (χ3n) is 7.16. The lowest BCUT2D eigenvalue weighted by atomic mass is 10.0. The first kappa shape index (κ1) is 32.9. The van der Waals surface area contributed by atoms with Gasteiger partial charge in [-0.05, 0) is 60.2 Å². The number of nitrogens with zero attached hydrogens (tertiary/aromatic N) is 2. The zero-order valence-electron chi connectivity index (χ0n) is 24.0. The van der Waals surface area contributed by atoms with Crippen molar-refractivity contribution in [3.05, 3.63) is 86.7 Å². The number of hydrogen-bond acceptors (Lipinski definition) is 8. The van der Waals surface area contributed by atoms with Crippen molar-refractivity contribution in [2.75, 3.05) is 51.3 Å². The van der Waals surface area contributed by atoms with Crippen LogP contribution in [0.15, 0.2) is 65.6 Å². The molecule has 3 aromatic carbocycles. The Morgan fingerprint density at radius 2 is 1.80 bits per heavy atom. The number of ether oxygens (including phenoxy) is 2. The summed E-state index contributed by atoms with van der Waals surface area (Å²) in [5.74, 6) is -1.09. The molecule has 9 nitrogen and oxygen atoms in total. The van der Waals surface area contributed by atoms with Crippen molar-refractivity contribution < 1.29 is 29.0 Å². The number of amides is 2. The van der Waals surface area contributed by atoms with Crippen LogP contribution in [0.5, 0.6) is 5.75 Å². The van der Waals surface area contributed by atoms with Crippen LogP contribution in [0.4, 0.5) is 5.69 Å². The molecule has 0 bridgehead atoms. The predicted molar refractivity (Wildman–Crippen MR) is 181 cm³/mol. The Kier molecular flexibility index (Phi) is 11.1. The van der Waals surface area contributed by atoms with E-state index >= 15 is 0 Å². The van der Waals surface area contributed by atoms with Crippen molar-refractivity contribution in [3.63, 3.8) is 0 Å². The standard InChI is InChI=1S/C32H29Cl2N3O6S2/c33-23-4-7-25(26(34)19-23)21-3-8-27(43-16-13-36-11-14-42-15-12-36)22(17-21)18-28-30(39)37(32(44)45-28)10-9-29(38)35-24-5-1-20(2-6-24)31(40)41/h1-8,17-19H,9-16H2,(H,35,38)(H,40,41)/b28-18-. The van der Waals surface area contributed by atoms with Crippen molar-refractivity contribution in [3.8, 4) is 16.9 Å². The molecule has 0 aliphatic carbocycles.